The molecule has 0 fully saturated rings. The molecule has 2 heteroatoms. The van der Waals surface area contributed by atoms with Gasteiger partial charge in [-0.1, -0.05) is 12.1 Å². The third-order valence-electron chi connectivity index (χ3n) is 1.73. The molecule has 0 radical (unpaired) electrons. The van der Waals surface area contributed by atoms with Crippen LogP contribution in [0.5, 0.6) is 0 Å². The lowest BCUT2D eigenvalue weighted by Crippen LogP contribution is -2.35. The third-order valence-corrected chi connectivity index (χ3v) is 1.73. The highest BCUT2D eigenvalue weighted by molar-refractivity contribution is 5.43. The van der Waals surface area contributed by atoms with Gasteiger partial charge in [0, 0.05) is 18.3 Å². The van der Waals surface area contributed by atoms with Crippen LogP contribution >= 0.6 is 0 Å². The molecule has 0 unspecified atom stereocenters. The molecule has 2 nitrogen and oxygen atoms in total. The predicted octanol–water partition coefficient (Wildman–Crippen LogP) is 2.48. The van der Waals surface area contributed by atoms with Gasteiger partial charge >= 0.3 is 0 Å². The molecule has 1 aromatic rings. The SMILES string of the molecule is CC(C)(C)NCC=Cc1ccccn1. The first-order valence-electron chi connectivity index (χ1n) is 4.90. The number of hydrogen-bond donors (Lipinski definition) is 1. The van der Waals surface area contributed by atoms with Crippen molar-refractivity contribution in [3.8, 4) is 0 Å². The number of aromatic nitrogens is 1. The molecule has 76 valence electrons. The number of hydrogen-bond acceptors (Lipinski definition) is 2. The fourth-order valence-electron chi connectivity index (χ4n) is 1.02. The first-order chi connectivity index (χ1) is 6.58. The van der Waals surface area contributed by atoms with Gasteiger partial charge in [0.2, 0.25) is 0 Å². The number of nitrogens with one attached hydrogen (secondary N) is 1. The van der Waals surface area contributed by atoms with Gasteiger partial charge in [-0.25, -0.2) is 0 Å². The van der Waals surface area contributed by atoms with E-state index in [0.717, 1.165) is 12.2 Å². The molecule has 1 rings (SSSR count). The molecule has 1 N–H and O–H groups in total. The zero-order chi connectivity index (χ0) is 10.4. The van der Waals surface area contributed by atoms with Crippen LogP contribution in [0.15, 0.2) is 30.5 Å². The van der Waals surface area contributed by atoms with Crippen molar-refractivity contribution in [2.45, 2.75) is 26.3 Å². The van der Waals surface area contributed by atoms with Crippen LogP contribution in [0.2, 0.25) is 0 Å². The Bertz CT molecular complexity index is 283. The van der Waals surface area contributed by atoms with Crippen molar-refractivity contribution in [3.05, 3.63) is 36.2 Å². The summed E-state index contributed by atoms with van der Waals surface area (Å²) >= 11 is 0. The van der Waals surface area contributed by atoms with Crippen LogP contribution in [0.1, 0.15) is 26.5 Å². The van der Waals surface area contributed by atoms with Crippen molar-refractivity contribution in [2.24, 2.45) is 0 Å². The van der Waals surface area contributed by atoms with Crippen molar-refractivity contribution >= 4 is 6.08 Å². The van der Waals surface area contributed by atoms with Gasteiger partial charge < -0.3 is 5.32 Å². The molecule has 0 saturated carbocycles. The van der Waals surface area contributed by atoms with E-state index >= 15 is 0 Å². The van der Waals surface area contributed by atoms with Gasteiger partial charge in [0.05, 0.1) is 5.69 Å². The standard InChI is InChI=1S/C12H18N2/c1-12(2,3)14-10-6-8-11-7-4-5-9-13-11/h4-9,14H,10H2,1-3H3. The van der Waals surface area contributed by atoms with Crippen LogP contribution in [0.3, 0.4) is 0 Å². The summed E-state index contributed by atoms with van der Waals surface area (Å²) in [5, 5.41) is 3.38. The Kier molecular flexibility index (Phi) is 3.84. The summed E-state index contributed by atoms with van der Waals surface area (Å²) in [4.78, 5) is 4.20. The molecule has 0 atom stereocenters. The molecule has 0 amide bonds. The van der Waals surface area contributed by atoms with E-state index in [2.05, 4.69) is 37.1 Å². The van der Waals surface area contributed by atoms with Crippen LogP contribution in [0, 0.1) is 0 Å². The largest absolute Gasteiger partial charge is 0.309 e. The second-order valence-electron chi connectivity index (χ2n) is 4.29. The molecule has 0 aliphatic carbocycles. The van der Waals surface area contributed by atoms with Gasteiger partial charge in [-0.2, -0.15) is 0 Å². The van der Waals surface area contributed by atoms with E-state index in [4.69, 9.17) is 0 Å². The van der Waals surface area contributed by atoms with E-state index < -0.39 is 0 Å². The summed E-state index contributed by atoms with van der Waals surface area (Å²) in [5.41, 5.74) is 1.18. The maximum Gasteiger partial charge on any atom is 0.0626 e. The molecule has 1 heterocycles. The quantitative estimate of drug-likeness (QED) is 0.792. The van der Waals surface area contributed by atoms with E-state index in [1.807, 2.05) is 24.3 Å². The summed E-state index contributed by atoms with van der Waals surface area (Å²) in [6.07, 6.45) is 5.92. The van der Waals surface area contributed by atoms with Crippen LogP contribution in [-0.4, -0.2) is 17.1 Å². The maximum absolute atomic E-state index is 4.20. The molecule has 0 bridgehead atoms. The Morgan fingerprint density at radius 3 is 2.71 bits per heavy atom. The highest BCUT2D eigenvalue weighted by atomic mass is 14.9. The highest BCUT2D eigenvalue weighted by Gasteiger charge is 2.05. The minimum Gasteiger partial charge on any atom is -0.309 e. The van der Waals surface area contributed by atoms with Gasteiger partial charge in [0.1, 0.15) is 0 Å². The van der Waals surface area contributed by atoms with Crippen LogP contribution < -0.4 is 5.32 Å². The Balaban J connectivity index is 2.35. The second-order valence-corrected chi connectivity index (χ2v) is 4.29. The average molecular weight is 190 g/mol. The highest BCUT2D eigenvalue weighted by Crippen LogP contribution is 1.99. The van der Waals surface area contributed by atoms with Crippen molar-refractivity contribution in [2.75, 3.05) is 6.54 Å². The van der Waals surface area contributed by atoms with Gasteiger partial charge in [-0.15, -0.1) is 0 Å². The fraction of sp³-hybridized carbons (Fsp3) is 0.417. The first kappa shape index (κ1) is 10.9. The van der Waals surface area contributed by atoms with Gasteiger partial charge in [0.25, 0.3) is 0 Å². The Hall–Kier alpha value is -1.15. The van der Waals surface area contributed by atoms with Crippen LogP contribution in [0.25, 0.3) is 6.08 Å². The molecular weight excluding hydrogens is 172 g/mol. The summed E-state index contributed by atoms with van der Waals surface area (Å²) < 4.78 is 0. The topological polar surface area (TPSA) is 24.9 Å². The lowest BCUT2D eigenvalue weighted by Gasteiger charge is -2.18. The zero-order valence-corrected chi connectivity index (χ0v) is 9.12. The van der Waals surface area contributed by atoms with Gasteiger partial charge in [-0.3, -0.25) is 4.98 Å². The summed E-state index contributed by atoms with van der Waals surface area (Å²) in [6, 6.07) is 5.90. The minimum absolute atomic E-state index is 0.175. The summed E-state index contributed by atoms with van der Waals surface area (Å²) in [5.74, 6) is 0. The molecule has 0 aromatic carbocycles. The molecule has 1 aromatic heterocycles. The van der Waals surface area contributed by atoms with Gasteiger partial charge in [-0.05, 0) is 39.0 Å². The first-order valence-corrected chi connectivity index (χ1v) is 4.90. The van der Waals surface area contributed by atoms with E-state index in [1.165, 1.54) is 0 Å². The average Bonchev–Trinajstić information content (AvgIpc) is 2.13. The normalized spacial score (nSPS) is 12.2. The van der Waals surface area contributed by atoms with E-state index in [0.29, 0.717) is 0 Å². The Labute approximate surface area is 86.1 Å². The molecular formula is C12H18N2. The number of pyridine rings is 1. The predicted molar refractivity (Wildman–Crippen MR) is 61.0 cm³/mol. The maximum atomic E-state index is 4.20. The number of rotatable bonds is 3. The number of nitrogens with zero attached hydrogens (tertiary/aromatic N) is 1. The lowest BCUT2D eigenvalue weighted by molar-refractivity contribution is 0.450. The molecule has 0 spiro atoms. The van der Waals surface area contributed by atoms with Crippen LogP contribution in [0.4, 0.5) is 0 Å². The zero-order valence-electron chi connectivity index (χ0n) is 9.12. The molecule has 0 aliphatic heterocycles. The third kappa shape index (κ3) is 4.77. The smallest absolute Gasteiger partial charge is 0.0626 e. The van der Waals surface area contributed by atoms with Gasteiger partial charge in [0.15, 0.2) is 0 Å². The van der Waals surface area contributed by atoms with Crippen molar-refractivity contribution in [1.82, 2.24) is 10.3 Å². The van der Waals surface area contributed by atoms with E-state index in [-0.39, 0.29) is 5.54 Å². The van der Waals surface area contributed by atoms with E-state index in [9.17, 15) is 0 Å². The Morgan fingerprint density at radius 1 is 1.36 bits per heavy atom. The molecule has 14 heavy (non-hydrogen) atoms. The monoisotopic (exact) mass is 190 g/mol. The van der Waals surface area contributed by atoms with E-state index in [1.54, 1.807) is 6.20 Å². The minimum atomic E-state index is 0.175. The second kappa shape index (κ2) is 4.91. The Morgan fingerprint density at radius 2 is 2.14 bits per heavy atom. The van der Waals surface area contributed by atoms with Crippen molar-refractivity contribution in [1.29, 1.82) is 0 Å². The molecule has 0 saturated heterocycles. The summed E-state index contributed by atoms with van der Waals surface area (Å²) in [6.45, 7) is 7.34. The molecule has 0 aliphatic rings. The van der Waals surface area contributed by atoms with Crippen molar-refractivity contribution in [3.63, 3.8) is 0 Å². The fourth-order valence-corrected chi connectivity index (χ4v) is 1.02. The summed E-state index contributed by atoms with van der Waals surface area (Å²) in [7, 11) is 0. The lowest BCUT2D eigenvalue weighted by atomic mass is 10.1. The van der Waals surface area contributed by atoms with Crippen molar-refractivity contribution < 1.29 is 0 Å². The van der Waals surface area contributed by atoms with Crippen LogP contribution in [-0.2, 0) is 0 Å².